The van der Waals surface area contributed by atoms with Crippen molar-refractivity contribution in [1.82, 2.24) is 10.2 Å². The molecule has 4 rings (SSSR count). The summed E-state index contributed by atoms with van der Waals surface area (Å²) in [5.41, 5.74) is 0.996. The standard InChI is InChI=1S/C28H38N2O3S.CH4/c1-19-15-21-9-6-7-10-22(21)16-30(19)17-27(32)25(18-34-23-11-4-3-5-12-23)29-28(33)24-13-8-14-26(31)20(24)2;/h3-5,8,11-14,19,21-22,25,27,31-32H,6-7,9-10,15-18H2,1-2H3,(H,29,33);1H4/t19-,21?,22?,25+,27?;/m1./s1. The first-order chi connectivity index (χ1) is 16.4. The average molecular weight is 499 g/mol. The lowest BCUT2D eigenvalue weighted by atomic mass is 9.73. The van der Waals surface area contributed by atoms with Gasteiger partial charge < -0.3 is 15.5 Å². The van der Waals surface area contributed by atoms with Crippen molar-refractivity contribution in [2.75, 3.05) is 18.8 Å². The van der Waals surface area contributed by atoms with E-state index in [1.807, 2.05) is 30.3 Å². The molecule has 2 aromatic carbocycles. The lowest BCUT2D eigenvalue weighted by Crippen LogP contribution is -2.54. The number of hydrogen-bond donors (Lipinski definition) is 3. The van der Waals surface area contributed by atoms with E-state index in [1.165, 1.54) is 32.1 Å². The van der Waals surface area contributed by atoms with Gasteiger partial charge in [-0.1, -0.05) is 51.0 Å². The molecule has 192 valence electrons. The van der Waals surface area contributed by atoms with Crippen LogP contribution in [0.4, 0.5) is 0 Å². The number of nitrogens with zero attached hydrogens (tertiary/aromatic N) is 1. The van der Waals surface area contributed by atoms with E-state index in [2.05, 4.69) is 17.1 Å². The molecule has 2 aliphatic rings. The summed E-state index contributed by atoms with van der Waals surface area (Å²) < 4.78 is 0. The Kier molecular flexibility index (Phi) is 10.1. The number of carbonyl (C=O) groups is 1. The summed E-state index contributed by atoms with van der Waals surface area (Å²) in [6.07, 6.45) is 5.85. The number of carbonyl (C=O) groups excluding carboxylic acids is 1. The van der Waals surface area contributed by atoms with Crippen molar-refractivity contribution < 1.29 is 15.0 Å². The van der Waals surface area contributed by atoms with E-state index in [0.717, 1.165) is 23.3 Å². The SMILES string of the molecule is C.Cc1c(O)cccc1C(=O)N[C@@H](CSc1ccccc1)C(O)CN1CC2CCCCC2C[C@H]1C. The third-order valence-electron chi connectivity index (χ3n) is 7.73. The molecule has 3 N–H and O–H groups in total. The van der Waals surface area contributed by atoms with Crippen LogP contribution in [0.3, 0.4) is 0 Å². The summed E-state index contributed by atoms with van der Waals surface area (Å²) in [5.74, 6) is 1.98. The van der Waals surface area contributed by atoms with Crippen molar-refractivity contribution in [3.63, 3.8) is 0 Å². The molecule has 3 unspecified atom stereocenters. The second kappa shape index (κ2) is 12.8. The van der Waals surface area contributed by atoms with Crippen LogP contribution in [0.5, 0.6) is 5.75 Å². The summed E-state index contributed by atoms with van der Waals surface area (Å²) in [6.45, 7) is 5.62. The zero-order valence-corrected chi connectivity index (χ0v) is 21.1. The molecule has 2 fully saturated rings. The number of rotatable bonds is 8. The smallest absolute Gasteiger partial charge is 0.252 e. The average Bonchev–Trinajstić information content (AvgIpc) is 2.84. The summed E-state index contributed by atoms with van der Waals surface area (Å²) in [6, 6.07) is 15.1. The molecule has 1 saturated carbocycles. The van der Waals surface area contributed by atoms with Crippen LogP contribution in [0.1, 0.15) is 62.4 Å². The number of amides is 1. The first-order valence-corrected chi connectivity index (χ1v) is 13.6. The van der Waals surface area contributed by atoms with Crippen molar-refractivity contribution in [1.29, 1.82) is 0 Å². The van der Waals surface area contributed by atoms with Gasteiger partial charge in [-0.25, -0.2) is 0 Å². The summed E-state index contributed by atoms with van der Waals surface area (Å²) >= 11 is 1.64. The van der Waals surface area contributed by atoms with E-state index < -0.39 is 12.1 Å². The molecule has 1 amide bonds. The topological polar surface area (TPSA) is 72.8 Å². The number of aromatic hydroxyl groups is 1. The first-order valence-electron chi connectivity index (χ1n) is 12.6. The van der Waals surface area contributed by atoms with Crippen LogP contribution < -0.4 is 5.32 Å². The minimum absolute atomic E-state index is 0. The predicted octanol–water partition coefficient (Wildman–Crippen LogP) is 5.49. The Balaban J connectivity index is 0.00000342. The summed E-state index contributed by atoms with van der Waals surface area (Å²) in [5, 5.41) is 24.5. The fourth-order valence-electron chi connectivity index (χ4n) is 5.59. The second-order valence-electron chi connectivity index (χ2n) is 10.1. The lowest BCUT2D eigenvalue weighted by Gasteiger charge is -2.46. The Morgan fingerprint density at radius 3 is 2.57 bits per heavy atom. The number of aliphatic hydroxyl groups is 1. The zero-order valence-electron chi connectivity index (χ0n) is 20.3. The molecule has 0 bridgehead atoms. The number of β-amino-alcohol motifs (C(OH)–C–C–N with tert-alkyl or cyclic N) is 1. The highest BCUT2D eigenvalue weighted by atomic mass is 32.2. The van der Waals surface area contributed by atoms with Gasteiger partial charge in [0.2, 0.25) is 0 Å². The fourth-order valence-corrected chi connectivity index (χ4v) is 6.62. The highest BCUT2D eigenvalue weighted by Crippen LogP contribution is 2.38. The molecule has 1 saturated heterocycles. The summed E-state index contributed by atoms with van der Waals surface area (Å²) in [4.78, 5) is 16.7. The Hall–Kier alpha value is -2.02. The zero-order chi connectivity index (χ0) is 24.1. The van der Waals surface area contributed by atoms with E-state index in [9.17, 15) is 15.0 Å². The third kappa shape index (κ3) is 7.02. The molecule has 2 aromatic rings. The van der Waals surface area contributed by atoms with E-state index in [-0.39, 0.29) is 19.1 Å². The summed E-state index contributed by atoms with van der Waals surface area (Å²) in [7, 11) is 0. The molecule has 1 heterocycles. The van der Waals surface area contributed by atoms with E-state index in [4.69, 9.17) is 0 Å². The number of benzene rings is 2. The number of phenols is 1. The molecule has 1 aliphatic carbocycles. The second-order valence-corrected chi connectivity index (χ2v) is 11.2. The van der Waals surface area contributed by atoms with Crippen LogP contribution in [0.15, 0.2) is 53.4 Å². The molecular weight excluding hydrogens is 456 g/mol. The van der Waals surface area contributed by atoms with Crippen LogP contribution in [0, 0.1) is 18.8 Å². The number of fused-ring (bicyclic) bond motifs is 1. The van der Waals surface area contributed by atoms with E-state index in [1.54, 1.807) is 36.9 Å². The highest BCUT2D eigenvalue weighted by Gasteiger charge is 2.36. The Labute approximate surface area is 215 Å². The Morgan fingerprint density at radius 1 is 1.11 bits per heavy atom. The number of aliphatic hydroxyl groups excluding tert-OH is 1. The highest BCUT2D eigenvalue weighted by molar-refractivity contribution is 7.99. The van der Waals surface area contributed by atoms with Crippen LogP contribution >= 0.6 is 11.8 Å². The molecule has 5 atom stereocenters. The van der Waals surface area contributed by atoms with Gasteiger partial charge in [0.25, 0.3) is 5.91 Å². The number of piperidine rings is 1. The third-order valence-corrected chi connectivity index (χ3v) is 8.86. The van der Waals surface area contributed by atoms with Crippen molar-refractivity contribution in [3.05, 3.63) is 59.7 Å². The molecular formula is C29H42N2O3S. The van der Waals surface area contributed by atoms with Gasteiger partial charge in [0, 0.05) is 40.9 Å². The molecule has 5 nitrogen and oxygen atoms in total. The molecule has 1 aliphatic heterocycles. The molecule has 6 heteroatoms. The van der Waals surface area contributed by atoms with Crippen LogP contribution in [-0.2, 0) is 0 Å². The number of thioether (sulfide) groups is 1. The van der Waals surface area contributed by atoms with Crippen LogP contribution in [0.2, 0.25) is 0 Å². The van der Waals surface area contributed by atoms with Gasteiger partial charge in [0.05, 0.1) is 12.1 Å². The van der Waals surface area contributed by atoms with Crippen molar-refractivity contribution in [2.24, 2.45) is 11.8 Å². The minimum Gasteiger partial charge on any atom is -0.508 e. The van der Waals surface area contributed by atoms with Gasteiger partial charge in [0.1, 0.15) is 5.75 Å². The van der Waals surface area contributed by atoms with E-state index in [0.29, 0.717) is 29.5 Å². The van der Waals surface area contributed by atoms with Gasteiger partial charge in [-0.15, -0.1) is 11.8 Å². The van der Waals surface area contributed by atoms with Crippen LogP contribution in [-0.4, -0.2) is 58.1 Å². The maximum absolute atomic E-state index is 13.1. The number of nitrogens with one attached hydrogen (secondary N) is 1. The molecule has 0 radical (unpaired) electrons. The van der Waals surface area contributed by atoms with Gasteiger partial charge in [-0.2, -0.15) is 0 Å². The monoisotopic (exact) mass is 498 g/mol. The number of likely N-dealkylation sites (tertiary alicyclic amines) is 1. The van der Waals surface area contributed by atoms with Crippen molar-refractivity contribution in [3.8, 4) is 5.75 Å². The largest absolute Gasteiger partial charge is 0.508 e. The molecule has 0 spiro atoms. The maximum atomic E-state index is 13.1. The van der Waals surface area contributed by atoms with Gasteiger partial charge in [-0.05, 0) is 62.8 Å². The van der Waals surface area contributed by atoms with Gasteiger partial charge in [-0.3, -0.25) is 9.69 Å². The Bertz CT molecular complexity index is 954. The van der Waals surface area contributed by atoms with Gasteiger partial charge in [0.15, 0.2) is 0 Å². The number of hydrogen-bond acceptors (Lipinski definition) is 5. The van der Waals surface area contributed by atoms with E-state index >= 15 is 0 Å². The lowest BCUT2D eigenvalue weighted by molar-refractivity contribution is 0.00588. The molecule has 35 heavy (non-hydrogen) atoms. The normalized spacial score (nSPS) is 24.0. The Morgan fingerprint density at radius 2 is 1.83 bits per heavy atom. The maximum Gasteiger partial charge on any atom is 0.252 e. The first kappa shape index (κ1) is 27.6. The van der Waals surface area contributed by atoms with Crippen LogP contribution in [0.25, 0.3) is 0 Å². The van der Waals surface area contributed by atoms with Gasteiger partial charge >= 0.3 is 0 Å². The number of phenolic OH excluding ortho intramolecular Hbond substituents is 1. The predicted molar refractivity (Wildman–Crippen MR) is 145 cm³/mol. The van der Waals surface area contributed by atoms with Crippen molar-refractivity contribution in [2.45, 2.75) is 76.5 Å². The fraction of sp³-hybridized carbons (Fsp3) is 0.552. The quantitative estimate of drug-likeness (QED) is 0.420. The molecule has 0 aromatic heterocycles. The van der Waals surface area contributed by atoms with Crippen molar-refractivity contribution >= 4 is 17.7 Å². The minimum atomic E-state index is -0.680.